The number of aliphatic hydroxyl groups is 2. The molecule has 12 nitrogen and oxygen atoms in total. The number of nitrogens with one attached hydrogen (secondary N) is 1. The number of nitrogens with two attached hydrogens (primary N) is 3. The number of nitrogens with zero attached hydrogens (tertiary/aromatic N) is 3. The van der Waals surface area contributed by atoms with Crippen LogP contribution in [-0.2, 0) is 14.8 Å². The highest BCUT2D eigenvalue weighted by Gasteiger charge is 2.20. The van der Waals surface area contributed by atoms with E-state index in [1.54, 1.807) is 0 Å². The van der Waals surface area contributed by atoms with E-state index in [0.717, 1.165) is 10.6 Å². The molecule has 234 valence electrons. The number of sulfonamides is 1. The van der Waals surface area contributed by atoms with Crippen molar-refractivity contribution in [1.82, 2.24) is 9.62 Å². The molecule has 0 aromatic heterocycles. The van der Waals surface area contributed by atoms with E-state index < -0.39 is 28.0 Å². The first kappa shape index (κ1) is 36.3. The lowest BCUT2D eigenvalue weighted by molar-refractivity contribution is -0.123. The largest absolute Gasteiger partial charge is 0.398 e. The molecular weight excluding hydrogens is 565 g/mol. The first-order chi connectivity index (χ1) is 19.5. The Balaban J connectivity index is 3.12. The third-order valence-electron chi connectivity index (χ3n) is 6.00. The van der Waals surface area contributed by atoms with Crippen LogP contribution in [0.25, 0.3) is 5.70 Å². The third-order valence-corrected chi connectivity index (χ3v) is 7.21. The lowest BCUT2D eigenvalue weighted by Gasteiger charge is -2.20. The number of hydrogen-bond acceptors (Lipinski definition) is 8. The van der Waals surface area contributed by atoms with Crippen molar-refractivity contribution in [2.24, 2.45) is 33.1 Å². The standard InChI is InChI=1S/C28H44FN7O5S/c1-18(2)27(35-19(3)36(4)42(5,40)41)24(26(30)20-8-10-21(29)11-9-20)13-12-22(37)16-23(38)17-25(39)33-14-6-7-15-34-28(31)32/h8-13,18,22-23,37-38H,3,6-7,14-17,30H2,1-2,4-5H3,(H,33,39)(H4,31,32,34)/b13-12+,26-24-,35-27?/t22-,23+/m0/s1. The van der Waals surface area contributed by atoms with E-state index in [-0.39, 0.29) is 42.1 Å². The molecule has 0 fully saturated rings. The van der Waals surface area contributed by atoms with Crippen molar-refractivity contribution in [3.63, 3.8) is 0 Å². The van der Waals surface area contributed by atoms with Crippen molar-refractivity contribution >= 4 is 33.3 Å². The summed E-state index contributed by atoms with van der Waals surface area (Å²) in [6.07, 6.45) is 2.58. The number of hydrogen-bond donors (Lipinski definition) is 6. The first-order valence-electron chi connectivity index (χ1n) is 13.4. The topological polar surface area (TPSA) is 210 Å². The Labute approximate surface area is 247 Å². The van der Waals surface area contributed by atoms with Gasteiger partial charge in [0.05, 0.1) is 30.6 Å². The maximum atomic E-state index is 13.6. The van der Waals surface area contributed by atoms with Crippen LogP contribution in [0.2, 0.25) is 0 Å². The number of carbonyl (C=O) groups is 1. The summed E-state index contributed by atoms with van der Waals surface area (Å²) in [4.78, 5) is 20.4. The molecule has 0 spiro atoms. The molecule has 1 aromatic rings. The average Bonchev–Trinajstić information content (AvgIpc) is 2.88. The van der Waals surface area contributed by atoms with Crippen LogP contribution in [0.4, 0.5) is 4.39 Å². The van der Waals surface area contributed by atoms with Crippen LogP contribution in [0.15, 0.2) is 64.4 Å². The number of aliphatic hydroxyl groups excluding tert-OH is 2. The molecule has 1 aromatic carbocycles. The molecule has 0 saturated heterocycles. The summed E-state index contributed by atoms with van der Waals surface area (Å²) in [6, 6.07) is 5.44. The zero-order chi connectivity index (χ0) is 32.0. The van der Waals surface area contributed by atoms with E-state index >= 15 is 0 Å². The number of amides is 1. The highest BCUT2D eigenvalue weighted by Crippen LogP contribution is 2.23. The molecule has 0 unspecified atom stereocenters. The predicted molar refractivity (Wildman–Crippen MR) is 165 cm³/mol. The van der Waals surface area contributed by atoms with Crippen molar-refractivity contribution in [3.8, 4) is 0 Å². The van der Waals surface area contributed by atoms with Crippen molar-refractivity contribution in [3.05, 3.63) is 65.8 Å². The van der Waals surface area contributed by atoms with Gasteiger partial charge in [0, 0.05) is 37.8 Å². The summed E-state index contributed by atoms with van der Waals surface area (Å²) >= 11 is 0. The highest BCUT2D eigenvalue weighted by molar-refractivity contribution is 7.88. The molecule has 42 heavy (non-hydrogen) atoms. The molecular formula is C28H44FN7O5S. The maximum Gasteiger partial charge on any atom is 0.233 e. The molecule has 0 radical (unpaired) electrons. The molecule has 2 atom stereocenters. The Morgan fingerprint density at radius 1 is 1.17 bits per heavy atom. The summed E-state index contributed by atoms with van der Waals surface area (Å²) < 4.78 is 38.5. The fourth-order valence-electron chi connectivity index (χ4n) is 3.61. The number of halogens is 1. The predicted octanol–water partition coefficient (Wildman–Crippen LogP) is 1.18. The quantitative estimate of drug-likeness (QED) is 0.0652. The number of rotatable bonds is 17. The van der Waals surface area contributed by atoms with Crippen molar-refractivity contribution in [2.45, 2.75) is 51.7 Å². The maximum absolute atomic E-state index is 13.6. The Kier molecular flexibility index (Phi) is 14.9. The second-order valence-corrected chi connectivity index (χ2v) is 12.0. The van der Waals surface area contributed by atoms with E-state index in [1.165, 1.54) is 43.5 Å². The van der Waals surface area contributed by atoms with Crippen LogP contribution in [-0.4, -0.2) is 79.1 Å². The van der Waals surface area contributed by atoms with Gasteiger partial charge in [-0.3, -0.25) is 14.1 Å². The van der Waals surface area contributed by atoms with E-state index in [1.807, 2.05) is 13.8 Å². The van der Waals surface area contributed by atoms with Gasteiger partial charge in [-0.15, -0.1) is 0 Å². The van der Waals surface area contributed by atoms with Crippen molar-refractivity contribution in [2.75, 3.05) is 26.4 Å². The zero-order valence-electron chi connectivity index (χ0n) is 24.6. The lowest BCUT2D eigenvalue weighted by Crippen LogP contribution is -2.29. The second kappa shape index (κ2) is 17.3. The van der Waals surface area contributed by atoms with E-state index in [2.05, 4.69) is 21.9 Å². The minimum absolute atomic E-state index is 0.00763. The molecule has 0 heterocycles. The molecule has 0 aliphatic heterocycles. The smallest absolute Gasteiger partial charge is 0.233 e. The van der Waals surface area contributed by atoms with Gasteiger partial charge in [0.15, 0.2) is 5.96 Å². The molecule has 1 amide bonds. The molecule has 0 aliphatic rings. The van der Waals surface area contributed by atoms with Gasteiger partial charge < -0.3 is 32.7 Å². The van der Waals surface area contributed by atoms with Gasteiger partial charge in [0.1, 0.15) is 11.6 Å². The Hall–Kier alpha value is -3.75. The van der Waals surface area contributed by atoms with Crippen LogP contribution in [0.5, 0.6) is 0 Å². The van der Waals surface area contributed by atoms with Crippen LogP contribution in [0.3, 0.4) is 0 Å². The minimum atomic E-state index is -3.63. The molecule has 0 saturated carbocycles. The van der Waals surface area contributed by atoms with Gasteiger partial charge in [-0.1, -0.05) is 32.6 Å². The summed E-state index contributed by atoms with van der Waals surface area (Å²) in [5.41, 5.74) is 18.4. The molecule has 1 rings (SSSR count). The van der Waals surface area contributed by atoms with E-state index in [4.69, 9.17) is 17.2 Å². The molecule has 0 bridgehead atoms. The number of aliphatic imine (C=N–C) groups is 2. The van der Waals surface area contributed by atoms with E-state index in [9.17, 15) is 27.8 Å². The number of unbranched alkanes of at least 4 members (excludes halogenated alkanes) is 1. The van der Waals surface area contributed by atoms with Crippen LogP contribution < -0.4 is 22.5 Å². The van der Waals surface area contributed by atoms with Gasteiger partial charge in [-0.2, -0.15) is 0 Å². The normalized spacial score (nSPS) is 14.3. The van der Waals surface area contributed by atoms with Crippen molar-refractivity contribution < 1.29 is 27.8 Å². The molecule has 9 N–H and O–H groups in total. The van der Waals surface area contributed by atoms with E-state index in [0.29, 0.717) is 42.8 Å². The second-order valence-electron chi connectivity index (χ2n) is 10.0. The lowest BCUT2D eigenvalue weighted by atomic mass is 9.94. The number of allylic oxidation sites excluding steroid dienone is 2. The van der Waals surface area contributed by atoms with Gasteiger partial charge in [0.2, 0.25) is 15.9 Å². The van der Waals surface area contributed by atoms with Crippen LogP contribution >= 0.6 is 0 Å². The molecule has 14 heteroatoms. The molecule has 0 aliphatic carbocycles. The zero-order valence-corrected chi connectivity index (χ0v) is 25.4. The fraction of sp³-hybridized carbons (Fsp3) is 0.464. The highest BCUT2D eigenvalue weighted by atomic mass is 32.2. The summed E-state index contributed by atoms with van der Waals surface area (Å²) in [6.45, 7) is 8.24. The average molecular weight is 610 g/mol. The van der Waals surface area contributed by atoms with Gasteiger partial charge in [0.25, 0.3) is 0 Å². The third kappa shape index (κ3) is 13.3. The Morgan fingerprint density at radius 2 is 1.79 bits per heavy atom. The summed E-state index contributed by atoms with van der Waals surface area (Å²) in [7, 11) is -2.32. The number of carbonyl (C=O) groups excluding carboxylic acids is 1. The number of benzene rings is 1. The number of guanidine groups is 1. The Morgan fingerprint density at radius 3 is 2.33 bits per heavy atom. The first-order valence-corrected chi connectivity index (χ1v) is 15.2. The van der Waals surface area contributed by atoms with Gasteiger partial charge in [-0.25, -0.2) is 17.8 Å². The summed E-state index contributed by atoms with van der Waals surface area (Å²) in [5, 5.41) is 23.7. The minimum Gasteiger partial charge on any atom is -0.398 e. The monoisotopic (exact) mass is 609 g/mol. The fourth-order valence-corrected chi connectivity index (χ4v) is 4.03. The Bertz CT molecular complexity index is 1290. The van der Waals surface area contributed by atoms with Crippen LogP contribution in [0, 0.1) is 11.7 Å². The SMILES string of the molecule is C=C(N=C(C(/C=C/[C@H](O)C[C@@H](O)CC(=O)NCCCCN=C(N)N)=C(\N)c1ccc(F)cc1)C(C)C)N(C)S(C)(=O)=O. The summed E-state index contributed by atoms with van der Waals surface area (Å²) in [5.74, 6) is -1.15. The van der Waals surface area contributed by atoms with Crippen molar-refractivity contribution in [1.29, 1.82) is 0 Å². The van der Waals surface area contributed by atoms with Crippen LogP contribution in [0.1, 0.15) is 45.1 Å². The van der Waals surface area contributed by atoms with Gasteiger partial charge >= 0.3 is 0 Å². The van der Waals surface area contributed by atoms with Gasteiger partial charge in [-0.05, 0) is 48.6 Å².